The van der Waals surface area contributed by atoms with E-state index in [0.717, 1.165) is 31.3 Å². The quantitative estimate of drug-likeness (QED) is 0.609. The highest BCUT2D eigenvalue weighted by molar-refractivity contribution is 5.94. The van der Waals surface area contributed by atoms with Crippen molar-refractivity contribution in [3.63, 3.8) is 0 Å². The van der Waals surface area contributed by atoms with Crippen molar-refractivity contribution in [2.24, 2.45) is 34.5 Å². The van der Waals surface area contributed by atoms with Crippen LogP contribution in [0.15, 0.2) is 11.6 Å². The van der Waals surface area contributed by atoms with Crippen molar-refractivity contribution in [3.8, 4) is 0 Å². The zero-order valence-electron chi connectivity index (χ0n) is 19.3. The van der Waals surface area contributed by atoms with E-state index >= 15 is 4.39 Å². The number of ether oxygens (including phenoxy) is 2. The molecule has 0 heterocycles. The van der Waals surface area contributed by atoms with Crippen molar-refractivity contribution in [2.75, 3.05) is 0 Å². The predicted octanol–water partition coefficient (Wildman–Crippen LogP) is 4.58. The van der Waals surface area contributed by atoms with Crippen molar-refractivity contribution in [1.29, 1.82) is 0 Å². The number of ketones is 1. The Balaban J connectivity index is 1.64. The van der Waals surface area contributed by atoms with E-state index in [0.29, 0.717) is 12.8 Å². The SMILES string of the molecule is CC(=O)O[C@H]1CC[C@@]2(C)C(=CC(=O)[C@H]3[C@@H]4[C@@H](F)C[C@H]([C@@H](C)OC(C)=O)[C@@]4(C)CC[C@@H]32)C1. The Labute approximate surface area is 184 Å². The van der Waals surface area contributed by atoms with E-state index < -0.39 is 6.17 Å². The third-order valence-corrected chi connectivity index (χ3v) is 9.17. The standard InChI is InChI=1S/C25H35FO5/c1-13(30-14(2)27)19-12-20(26)23-22-18(7-9-25(19,23)5)24(4)8-6-17(31-15(3)28)10-16(24)11-21(22)29/h11,13,17-20,22-23H,6-10,12H2,1-5H3/t13-,17+,18+,19-,20+,22+,23+,24+,25-/m1/s1. The van der Waals surface area contributed by atoms with Gasteiger partial charge in [0.15, 0.2) is 5.78 Å². The summed E-state index contributed by atoms with van der Waals surface area (Å²) >= 11 is 0. The molecule has 0 N–H and O–H groups in total. The molecular formula is C25H35FO5. The first-order chi connectivity index (χ1) is 14.5. The first-order valence-electron chi connectivity index (χ1n) is 11.7. The summed E-state index contributed by atoms with van der Waals surface area (Å²) in [5, 5.41) is 0. The minimum atomic E-state index is -1.07. The Bertz CT molecular complexity index is 821. The van der Waals surface area contributed by atoms with Crippen LogP contribution in [-0.4, -0.2) is 36.1 Å². The van der Waals surface area contributed by atoms with Gasteiger partial charge in [-0.2, -0.15) is 0 Å². The minimum Gasteiger partial charge on any atom is -0.463 e. The highest BCUT2D eigenvalue weighted by atomic mass is 19.1. The molecule has 31 heavy (non-hydrogen) atoms. The number of hydrogen-bond acceptors (Lipinski definition) is 5. The number of halogens is 1. The second kappa shape index (κ2) is 7.70. The molecule has 0 bridgehead atoms. The molecule has 0 aromatic rings. The van der Waals surface area contributed by atoms with E-state index in [4.69, 9.17) is 9.47 Å². The molecule has 0 saturated heterocycles. The summed E-state index contributed by atoms with van der Waals surface area (Å²) in [7, 11) is 0. The Kier molecular flexibility index (Phi) is 5.58. The fraction of sp³-hybridized carbons (Fsp3) is 0.800. The smallest absolute Gasteiger partial charge is 0.302 e. The van der Waals surface area contributed by atoms with E-state index in [-0.39, 0.29) is 64.4 Å². The topological polar surface area (TPSA) is 69.7 Å². The molecule has 9 atom stereocenters. The molecule has 0 radical (unpaired) electrons. The number of alkyl halides is 1. The molecule has 0 aliphatic heterocycles. The largest absolute Gasteiger partial charge is 0.463 e. The van der Waals surface area contributed by atoms with Gasteiger partial charge in [-0.25, -0.2) is 4.39 Å². The van der Waals surface area contributed by atoms with Crippen LogP contribution >= 0.6 is 0 Å². The van der Waals surface area contributed by atoms with Crippen LogP contribution in [0.1, 0.15) is 73.1 Å². The maximum absolute atomic E-state index is 15.6. The molecule has 3 saturated carbocycles. The van der Waals surface area contributed by atoms with Gasteiger partial charge in [-0.1, -0.05) is 19.4 Å². The number of carbonyl (C=O) groups is 3. The molecule has 0 aromatic heterocycles. The minimum absolute atomic E-state index is 0.0281. The zero-order chi connectivity index (χ0) is 22.7. The van der Waals surface area contributed by atoms with Crippen LogP contribution in [-0.2, 0) is 23.9 Å². The van der Waals surface area contributed by atoms with E-state index in [1.54, 1.807) is 6.08 Å². The first kappa shape index (κ1) is 22.5. The van der Waals surface area contributed by atoms with E-state index in [9.17, 15) is 14.4 Å². The van der Waals surface area contributed by atoms with Gasteiger partial charge in [-0.3, -0.25) is 14.4 Å². The van der Waals surface area contributed by atoms with Gasteiger partial charge in [0, 0.05) is 38.0 Å². The Hall–Kier alpha value is -1.72. The van der Waals surface area contributed by atoms with Gasteiger partial charge in [0.25, 0.3) is 0 Å². The normalized spacial score (nSPS) is 45.0. The van der Waals surface area contributed by atoms with Crippen molar-refractivity contribution in [3.05, 3.63) is 11.6 Å². The molecule has 3 fully saturated rings. The molecule has 0 spiro atoms. The fourth-order valence-corrected chi connectivity index (χ4v) is 7.82. The highest BCUT2D eigenvalue weighted by Gasteiger charge is 2.65. The van der Waals surface area contributed by atoms with E-state index in [1.165, 1.54) is 13.8 Å². The van der Waals surface area contributed by atoms with E-state index in [2.05, 4.69) is 13.8 Å². The third-order valence-electron chi connectivity index (χ3n) is 9.17. The highest BCUT2D eigenvalue weighted by Crippen LogP contribution is 2.66. The Morgan fingerprint density at radius 3 is 2.52 bits per heavy atom. The predicted molar refractivity (Wildman–Crippen MR) is 113 cm³/mol. The molecule has 172 valence electrons. The van der Waals surface area contributed by atoms with Crippen LogP contribution < -0.4 is 0 Å². The van der Waals surface area contributed by atoms with Gasteiger partial charge >= 0.3 is 11.9 Å². The summed E-state index contributed by atoms with van der Waals surface area (Å²) in [5.41, 5.74) is 0.551. The first-order valence-corrected chi connectivity index (χ1v) is 11.7. The zero-order valence-corrected chi connectivity index (χ0v) is 19.3. The van der Waals surface area contributed by atoms with Gasteiger partial charge in [0.05, 0.1) is 0 Å². The fourth-order valence-electron chi connectivity index (χ4n) is 7.82. The molecule has 5 nitrogen and oxygen atoms in total. The lowest BCUT2D eigenvalue weighted by Gasteiger charge is -2.57. The summed E-state index contributed by atoms with van der Waals surface area (Å²) in [5.74, 6) is -1.26. The molecule has 4 rings (SSSR count). The molecule has 4 aliphatic carbocycles. The molecule has 0 aromatic carbocycles. The number of allylic oxidation sites excluding steroid dienone is 1. The summed E-state index contributed by atoms with van der Waals surface area (Å²) in [4.78, 5) is 36.3. The molecule has 0 unspecified atom stereocenters. The second-order valence-corrected chi connectivity index (χ2v) is 10.8. The average molecular weight is 435 g/mol. The average Bonchev–Trinajstić information content (AvgIpc) is 2.93. The maximum atomic E-state index is 15.6. The van der Waals surface area contributed by atoms with Crippen molar-refractivity contribution in [1.82, 2.24) is 0 Å². The van der Waals surface area contributed by atoms with Crippen LogP contribution in [0.4, 0.5) is 4.39 Å². The maximum Gasteiger partial charge on any atom is 0.302 e. The van der Waals surface area contributed by atoms with Gasteiger partial charge in [-0.15, -0.1) is 0 Å². The number of esters is 2. The lowest BCUT2D eigenvalue weighted by molar-refractivity contribution is -0.156. The second-order valence-electron chi connectivity index (χ2n) is 10.8. The van der Waals surface area contributed by atoms with Gasteiger partial charge in [0.2, 0.25) is 0 Å². The summed E-state index contributed by atoms with van der Waals surface area (Å²) in [6.45, 7) is 8.98. The van der Waals surface area contributed by atoms with Crippen molar-refractivity contribution in [2.45, 2.75) is 91.5 Å². The Morgan fingerprint density at radius 1 is 1.16 bits per heavy atom. The summed E-state index contributed by atoms with van der Waals surface area (Å²) < 4.78 is 26.5. The molecule has 0 amide bonds. The van der Waals surface area contributed by atoms with Crippen molar-refractivity contribution >= 4 is 17.7 Å². The number of rotatable bonds is 3. The van der Waals surface area contributed by atoms with Crippen LogP contribution in [0.5, 0.6) is 0 Å². The number of fused-ring (bicyclic) bond motifs is 5. The van der Waals surface area contributed by atoms with Gasteiger partial charge < -0.3 is 9.47 Å². The van der Waals surface area contributed by atoms with Crippen LogP contribution in [0.3, 0.4) is 0 Å². The summed E-state index contributed by atoms with van der Waals surface area (Å²) in [6, 6.07) is 0. The van der Waals surface area contributed by atoms with Crippen LogP contribution in [0, 0.1) is 34.5 Å². The lowest BCUT2D eigenvalue weighted by Crippen LogP contribution is -2.55. The molecule has 4 aliphatic rings. The third kappa shape index (κ3) is 3.54. The molecular weight excluding hydrogens is 399 g/mol. The van der Waals surface area contributed by atoms with E-state index in [1.807, 2.05) is 6.92 Å². The number of carbonyl (C=O) groups excluding carboxylic acids is 3. The molecule has 6 heteroatoms. The van der Waals surface area contributed by atoms with Crippen LogP contribution in [0.25, 0.3) is 0 Å². The Morgan fingerprint density at radius 2 is 1.87 bits per heavy atom. The number of hydrogen-bond donors (Lipinski definition) is 0. The van der Waals surface area contributed by atoms with Crippen molar-refractivity contribution < 1.29 is 28.2 Å². The monoisotopic (exact) mass is 434 g/mol. The van der Waals surface area contributed by atoms with Gasteiger partial charge in [-0.05, 0) is 61.9 Å². The van der Waals surface area contributed by atoms with Crippen LogP contribution in [0.2, 0.25) is 0 Å². The summed E-state index contributed by atoms with van der Waals surface area (Å²) in [6.07, 6.45) is 4.40. The lowest BCUT2D eigenvalue weighted by atomic mass is 9.47. The van der Waals surface area contributed by atoms with Gasteiger partial charge in [0.1, 0.15) is 18.4 Å².